The van der Waals surface area contributed by atoms with Crippen LogP contribution in [0.4, 0.5) is 14.5 Å². The summed E-state index contributed by atoms with van der Waals surface area (Å²) >= 11 is 0. The summed E-state index contributed by atoms with van der Waals surface area (Å²) in [5, 5.41) is 3.07. The van der Waals surface area contributed by atoms with Crippen molar-refractivity contribution in [2.45, 2.75) is 17.9 Å². The van der Waals surface area contributed by atoms with E-state index in [0.717, 1.165) is 11.9 Å². The Morgan fingerprint density at radius 3 is 2.48 bits per heavy atom. The molecule has 2 aromatic rings. The molecule has 8 heteroatoms. The molecular formula is C15H16F2N2O3S. The second-order valence-electron chi connectivity index (χ2n) is 4.82. The van der Waals surface area contributed by atoms with Gasteiger partial charge in [0.15, 0.2) is 16.4 Å². The van der Waals surface area contributed by atoms with E-state index in [4.69, 9.17) is 4.74 Å². The van der Waals surface area contributed by atoms with E-state index in [1.54, 1.807) is 24.3 Å². The Balaban J connectivity index is 1.96. The Kier molecular flexibility index (Phi) is 5.49. The van der Waals surface area contributed by atoms with Gasteiger partial charge in [0.1, 0.15) is 0 Å². The molecule has 23 heavy (non-hydrogen) atoms. The Morgan fingerprint density at radius 2 is 1.87 bits per heavy atom. The molecule has 0 saturated heterocycles. The Hall–Kier alpha value is -2.22. The number of pyridine rings is 1. The van der Waals surface area contributed by atoms with Crippen molar-refractivity contribution in [2.75, 3.05) is 18.2 Å². The minimum absolute atomic E-state index is 0.136. The van der Waals surface area contributed by atoms with Crippen molar-refractivity contribution < 1.29 is 21.9 Å². The lowest BCUT2D eigenvalue weighted by atomic mass is 10.3. The fraction of sp³-hybridized carbons (Fsp3) is 0.267. The van der Waals surface area contributed by atoms with Gasteiger partial charge in [-0.3, -0.25) is 0 Å². The predicted octanol–water partition coefficient (Wildman–Crippen LogP) is 2.74. The smallest absolute Gasteiger partial charge is 0.272 e. The molecule has 0 bridgehead atoms. The number of ether oxygens (including phenoxy) is 1. The molecule has 1 heterocycles. The highest BCUT2D eigenvalue weighted by Gasteiger charge is 2.07. The Bertz CT molecular complexity index is 750. The van der Waals surface area contributed by atoms with Crippen molar-refractivity contribution in [1.29, 1.82) is 0 Å². The van der Waals surface area contributed by atoms with Gasteiger partial charge in [0, 0.05) is 18.0 Å². The van der Waals surface area contributed by atoms with Gasteiger partial charge in [0.25, 0.3) is 6.43 Å². The maximum absolute atomic E-state index is 12.1. The summed E-state index contributed by atoms with van der Waals surface area (Å²) in [4.78, 5) is 4.34. The van der Waals surface area contributed by atoms with Crippen LogP contribution in [-0.2, 0) is 16.4 Å². The van der Waals surface area contributed by atoms with Gasteiger partial charge < -0.3 is 10.1 Å². The van der Waals surface area contributed by atoms with Crippen molar-refractivity contribution in [1.82, 2.24) is 4.98 Å². The fourth-order valence-corrected chi connectivity index (χ4v) is 2.43. The molecule has 124 valence electrons. The predicted molar refractivity (Wildman–Crippen MR) is 82.6 cm³/mol. The molecular weight excluding hydrogens is 326 g/mol. The van der Waals surface area contributed by atoms with Crippen molar-refractivity contribution in [2.24, 2.45) is 0 Å². The van der Waals surface area contributed by atoms with Gasteiger partial charge in [-0.25, -0.2) is 22.2 Å². The molecule has 0 atom stereocenters. The second kappa shape index (κ2) is 7.36. The minimum atomic E-state index is -3.22. The highest BCUT2D eigenvalue weighted by Crippen LogP contribution is 2.15. The van der Waals surface area contributed by atoms with Crippen LogP contribution in [0.2, 0.25) is 0 Å². The zero-order valence-corrected chi connectivity index (χ0v) is 13.2. The van der Waals surface area contributed by atoms with E-state index in [9.17, 15) is 17.2 Å². The van der Waals surface area contributed by atoms with Crippen molar-refractivity contribution in [3.63, 3.8) is 0 Å². The van der Waals surface area contributed by atoms with Gasteiger partial charge in [-0.15, -0.1) is 0 Å². The molecule has 5 nitrogen and oxygen atoms in total. The third-order valence-electron chi connectivity index (χ3n) is 2.89. The van der Waals surface area contributed by atoms with Gasteiger partial charge in [0.05, 0.1) is 17.1 Å². The van der Waals surface area contributed by atoms with Crippen LogP contribution >= 0.6 is 0 Å². The molecule has 0 fully saturated rings. The van der Waals surface area contributed by atoms with Crippen LogP contribution in [0.15, 0.2) is 47.4 Å². The number of nitrogens with one attached hydrogen (secondary N) is 1. The number of alkyl halides is 2. The Labute approximate surface area is 133 Å². The summed E-state index contributed by atoms with van der Waals surface area (Å²) in [7, 11) is -3.22. The lowest BCUT2D eigenvalue weighted by molar-refractivity contribution is 0.0795. The molecule has 0 aliphatic carbocycles. The van der Waals surface area contributed by atoms with Crippen LogP contribution in [0, 0.1) is 0 Å². The highest BCUT2D eigenvalue weighted by atomic mass is 32.2. The van der Waals surface area contributed by atoms with Gasteiger partial charge in [-0.2, -0.15) is 0 Å². The molecule has 0 aliphatic rings. The quantitative estimate of drug-likeness (QED) is 0.838. The highest BCUT2D eigenvalue weighted by molar-refractivity contribution is 7.90. The third-order valence-corrected chi connectivity index (χ3v) is 4.02. The summed E-state index contributed by atoms with van der Waals surface area (Å²) < 4.78 is 51.8. The topological polar surface area (TPSA) is 68.3 Å². The van der Waals surface area contributed by atoms with Gasteiger partial charge in [0.2, 0.25) is 5.88 Å². The number of nitrogens with zero attached hydrogens (tertiary/aromatic N) is 1. The monoisotopic (exact) mass is 342 g/mol. The first kappa shape index (κ1) is 17.1. The third kappa shape index (κ3) is 5.48. The fourth-order valence-electron chi connectivity index (χ4n) is 1.80. The summed E-state index contributed by atoms with van der Waals surface area (Å²) in [5.74, 6) is 0.136. The van der Waals surface area contributed by atoms with Gasteiger partial charge in [-0.1, -0.05) is 6.07 Å². The maximum Gasteiger partial charge on any atom is 0.272 e. The average molecular weight is 342 g/mol. The molecule has 2 rings (SSSR count). The molecule has 0 spiro atoms. The first-order chi connectivity index (χ1) is 10.8. The van der Waals surface area contributed by atoms with E-state index < -0.39 is 22.9 Å². The van der Waals surface area contributed by atoms with Crippen LogP contribution in [0.1, 0.15) is 5.69 Å². The summed E-state index contributed by atoms with van der Waals surface area (Å²) in [6.07, 6.45) is -1.41. The van der Waals surface area contributed by atoms with E-state index in [1.807, 2.05) is 0 Å². The van der Waals surface area contributed by atoms with E-state index in [0.29, 0.717) is 12.2 Å². The van der Waals surface area contributed by atoms with Crippen molar-refractivity contribution in [3.05, 3.63) is 48.2 Å². The number of aromatic nitrogens is 1. The standard InChI is InChI=1S/C15H16F2N2O3S/c1-23(20,21)13-7-5-11(6-8-13)18-9-12-3-2-4-15(19-12)22-10-14(16)17/h2-8,14,18H,9-10H2,1H3. The largest absolute Gasteiger partial charge is 0.472 e. The summed E-state index contributed by atoms with van der Waals surface area (Å²) in [5.41, 5.74) is 1.34. The van der Waals surface area contributed by atoms with E-state index in [-0.39, 0.29) is 10.8 Å². The lowest BCUT2D eigenvalue weighted by Gasteiger charge is -2.09. The SMILES string of the molecule is CS(=O)(=O)c1ccc(NCc2cccc(OCC(F)F)n2)cc1. The molecule has 0 amide bonds. The number of hydrogen-bond donors (Lipinski definition) is 1. The first-order valence-corrected chi connectivity index (χ1v) is 8.64. The second-order valence-corrected chi connectivity index (χ2v) is 6.84. The maximum atomic E-state index is 12.1. The molecule has 0 unspecified atom stereocenters. The molecule has 0 aliphatic heterocycles. The van der Waals surface area contributed by atoms with E-state index in [2.05, 4.69) is 10.3 Å². The van der Waals surface area contributed by atoms with E-state index >= 15 is 0 Å². The average Bonchev–Trinajstić information content (AvgIpc) is 2.51. The summed E-state index contributed by atoms with van der Waals surface area (Å²) in [6.45, 7) is -0.346. The van der Waals surface area contributed by atoms with Crippen LogP contribution < -0.4 is 10.1 Å². The normalized spacial score (nSPS) is 11.5. The molecule has 1 aromatic carbocycles. The van der Waals surface area contributed by atoms with Crippen LogP contribution in [0.5, 0.6) is 5.88 Å². The zero-order valence-electron chi connectivity index (χ0n) is 12.4. The summed E-state index contributed by atoms with van der Waals surface area (Å²) in [6, 6.07) is 11.2. The number of rotatable bonds is 7. The number of halogens is 2. The Morgan fingerprint density at radius 1 is 1.17 bits per heavy atom. The number of hydrogen-bond acceptors (Lipinski definition) is 5. The van der Waals surface area contributed by atoms with Crippen LogP contribution in [0.25, 0.3) is 0 Å². The van der Waals surface area contributed by atoms with Crippen LogP contribution in [-0.4, -0.2) is 32.7 Å². The van der Waals surface area contributed by atoms with Crippen molar-refractivity contribution >= 4 is 15.5 Å². The zero-order chi connectivity index (χ0) is 16.9. The van der Waals surface area contributed by atoms with Crippen molar-refractivity contribution in [3.8, 4) is 5.88 Å². The van der Waals surface area contributed by atoms with E-state index in [1.165, 1.54) is 18.2 Å². The molecule has 0 radical (unpaired) electrons. The first-order valence-electron chi connectivity index (χ1n) is 6.75. The lowest BCUT2D eigenvalue weighted by Crippen LogP contribution is -2.09. The number of sulfone groups is 1. The molecule has 0 saturated carbocycles. The van der Waals surface area contributed by atoms with Gasteiger partial charge in [-0.05, 0) is 30.3 Å². The van der Waals surface area contributed by atoms with Crippen LogP contribution in [0.3, 0.4) is 0 Å². The molecule has 1 N–H and O–H groups in total. The van der Waals surface area contributed by atoms with Gasteiger partial charge >= 0.3 is 0 Å². The number of anilines is 1. The molecule has 1 aromatic heterocycles. The minimum Gasteiger partial charge on any atom is -0.472 e. The number of benzene rings is 1.